The Morgan fingerprint density at radius 1 is 0.861 bits per heavy atom. The molecule has 0 aliphatic carbocycles. The summed E-state index contributed by atoms with van der Waals surface area (Å²) in [6.07, 6.45) is -1.16. The van der Waals surface area contributed by atoms with Gasteiger partial charge in [-0.15, -0.1) is 0 Å². The van der Waals surface area contributed by atoms with E-state index in [1.807, 2.05) is 24.3 Å². The van der Waals surface area contributed by atoms with Crippen LogP contribution in [-0.4, -0.2) is 21.2 Å². The summed E-state index contributed by atoms with van der Waals surface area (Å²) in [6, 6.07) is 17.8. The summed E-state index contributed by atoms with van der Waals surface area (Å²) in [4.78, 5) is 17.3. The molecule has 5 rings (SSSR count). The van der Waals surface area contributed by atoms with Gasteiger partial charge in [-0.2, -0.15) is 18.3 Å². The highest BCUT2D eigenvalue weighted by Gasteiger charge is 2.31. The number of carbonyl (C=O) groups excluding carboxylic acids is 1. The van der Waals surface area contributed by atoms with Crippen molar-refractivity contribution in [1.82, 2.24) is 15.2 Å². The number of hydrogen-bond donors (Lipinski definition) is 3. The molecule has 180 valence electrons. The van der Waals surface area contributed by atoms with Crippen LogP contribution in [0, 0.1) is 0 Å². The molecule has 5 N–H and O–H groups in total. The number of nitrogen functional groups attached to an aromatic ring is 1. The highest BCUT2D eigenvalue weighted by atomic mass is 19.4. The zero-order chi connectivity index (χ0) is 25.4. The van der Waals surface area contributed by atoms with Crippen LogP contribution >= 0.6 is 0 Å². The van der Waals surface area contributed by atoms with Crippen LogP contribution in [-0.2, 0) is 6.18 Å². The summed E-state index contributed by atoms with van der Waals surface area (Å²) in [5, 5.41) is 7.90. The molecule has 2 heterocycles. The molecule has 0 atom stereocenters. The van der Waals surface area contributed by atoms with Crippen LogP contribution in [0.1, 0.15) is 5.56 Å². The van der Waals surface area contributed by atoms with E-state index in [1.54, 1.807) is 36.7 Å². The van der Waals surface area contributed by atoms with Crippen LogP contribution in [0.2, 0.25) is 0 Å². The molecule has 2 amide bonds. The van der Waals surface area contributed by atoms with Crippen LogP contribution in [0.4, 0.5) is 35.2 Å². The molecule has 10 heteroatoms. The Labute approximate surface area is 203 Å². The third kappa shape index (κ3) is 4.09. The third-order valence-electron chi connectivity index (χ3n) is 5.83. The van der Waals surface area contributed by atoms with Crippen LogP contribution in [0.3, 0.4) is 0 Å². The second-order valence-corrected chi connectivity index (χ2v) is 8.02. The lowest BCUT2D eigenvalue weighted by molar-refractivity contribution is -0.137. The molecule has 0 saturated carbocycles. The number of alkyl halides is 3. The van der Waals surface area contributed by atoms with E-state index in [4.69, 9.17) is 11.5 Å². The molecule has 2 aromatic heterocycles. The zero-order valence-electron chi connectivity index (χ0n) is 18.6. The Morgan fingerprint density at radius 2 is 1.53 bits per heavy atom. The number of aromatic amines is 1. The van der Waals surface area contributed by atoms with Gasteiger partial charge >= 0.3 is 12.2 Å². The predicted molar refractivity (Wildman–Crippen MR) is 132 cm³/mol. The molecule has 0 aliphatic heterocycles. The lowest BCUT2D eigenvalue weighted by Gasteiger charge is -2.22. The lowest BCUT2D eigenvalue weighted by atomic mass is 9.96. The summed E-state index contributed by atoms with van der Waals surface area (Å²) < 4.78 is 39.6. The first-order valence-corrected chi connectivity index (χ1v) is 10.8. The fourth-order valence-electron chi connectivity index (χ4n) is 4.18. The number of benzene rings is 3. The van der Waals surface area contributed by atoms with Crippen LogP contribution < -0.4 is 16.4 Å². The second-order valence-electron chi connectivity index (χ2n) is 8.02. The maximum Gasteiger partial charge on any atom is 0.416 e. The first-order chi connectivity index (χ1) is 17.2. The van der Waals surface area contributed by atoms with Crippen molar-refractivity contribution in [2.75, 3.05) is 10.6 Å². The molecule has 0 fully saturated rings. The Bertz CT molecular complexity index is 1560. The van der Waals surface area contributed by atoms with Gasteiger partial charge in [-0.05, 0) is 59.2 Å². The number of anilines is 3. The molecule has 0 unspecified atom stereocenters. The standard InChI is InChI=1S/C26H19F3N6O/c27-26(28,29)17-2-1-3-19(14-17)35(25(31)36)18-6-4-15(5-7-18)20-8-9-21(16-10-12-32-13-11-16)23-22(20)24(30)34-33-23/h1-14H,(H2,31,36)(H3,30,33,34). The van der Waals surface area contributed by atoms with Gasteiger partial charge in [-0.25, -0.2) is 4.79 Å². The number of nitrogens with two attached hydrogens (primary N) is 2. The number of H-pyrrole nitrogens is 1. The first kappa shape index (κ1) is 22.9. The quantitative estimate of drug-likeness (QED) is 0.283. The number of rotatable bonds is 4. The molecule has 5 aromatic rings. The first-order valence-electron chi connectivity index (χ1n) is 10.8. The number of fused-ring (bicyclic) bond motifs is 1. The van der Waals surface area contributed by atoms with Crippen molar-refractivity contribution < 1.29 is 18.0 Å². The Balaban J connectivity index is 1.55. The van der Waals surface area contributed by atoms with Crippen molar-refractivity contribution in [3.05, 3.63) is 90.8 Å². The number of carbonyl (C=O) groups is 1. The van der Waals surface area contributed by atoms with Crippen molar-refractivity contribution >= 4 is 34.1 Å². The number of halogens is 3. The lowest BCUT2D eigenvalue weighted by Crippen LogP contribution is -2.31. The number of pyridine rings is 1. The largest absolute Gasteiger partial charge is 0.416 e. The van der Waals surface area contributed by atoms with E-state index in [1.165, 1.54) is 12.1 Å². The number of nitrogens with zero attached hydrogens (tertiary/aromatic N) is 3. The minimum atomic E-state index is -4.55. The van der Waals surface area contributed by atoms with Crippen LogP contribution in [0.5, 0.6) is 0 Å². The Hall–Kier alpha value is -4.86. The van der Waals surface area contributed by atoms with Crippen LogP contribution in [0.25, 0.3) is 33.2 Å². The summed E-state index contributed by atoms with van der Waals surface area (Å²) in [5.74, 6) is 0.322. The van der Waals surface area contributed by atoms with Crippen molar-refractivity contribution in [1.29, 1.82) is 0 Å². The maximum atomic E-state index is 13.2. The summed E-state index contributed by atoms with van der Waals surface area (Å²) in [7, 11) is 0. The fourth-order valence-corrected chi connectivity index (χ4v) is 4.18. The van der Waals surface area contributed by atoms with E-state index in [0.717, 1.165) is 50.2 Å². The number of primary amides is 1. The SMILES string of the molecule is NC(=O)N(c1ccc(-c2ccc(-c3ccncc3)c3[nH]nc(N)c23)cc1)c1cccc(C(F)(F)F)c1. The van der Waals surface area contributed by atoms with Crippen molar-refractivity contribution in [2.24, 2.45) is 5.73 Å². The number of hydrogen-bond acceptors (Lipinski definition) is 4. The highest BCUT2D eigenvalue weighted by molar-refractivity contribution is 6.08. The molecule has 0 bridgehead atoms. The minimum absolute atomic E-state index is 0.00764. The minimum Gasteiger partial charge on any atom is -0.382 e. The van der Waals surface area contributed by atoms with Gasteiger partial charge in [0, 0.05) is 18.0 Å². The number of urea groups is 1. The Morgan fingerprint density at radius 3 is 2.19 bits per heavy atom. The van der Waals surface area contributed by atoms with E-state index in [2.05, 4.69) is 15.2 Å². The molecule has 0 aliphatic rings. The van der Waals surface area contributed by atoms with Crippen LogP contribution in [0.15, 0.2) is 85.2 Å². The van der Waals surface area contributed by atoms with E-state index < -0.39 is 17.8 Å². The van der Waals surface area contributed by atoms with E-state index in [9.17, 15) is 18.0 Å². The smallest absolute Gasteiger partial charge is 0.382 e. The van der Waals surface area contributed by atoms with Crippen molar-refractivity contribution in [2.45, 2.75) is 6.18 Å². The van der Waals surface area contributed by atoms with Gasteiger partial charge < -0.3 is 11.5 Å². The molecule has 0 spiro atoms. The molecular formula is C26H19F3N6O. The molecule has 0 radical (unpaired) electrons. The normalized spacial score (nSPS) is 11.5. The molecule has 3 aromatic carbocycles. The molecule has 36 heavy (non-hydrogen) atoms. The summed E-state index contributed by atoms with van der Waals surface area (Å²) in [6.45, 7) is 0. The summed E-state index contributed by atoms with van der Waals surface area (Å²) >= 11 is 0. The van der Waals surface area contributed by atoms with Gasteiger partial charge in [0.25, 0.3) is 0 Å². The van der Waals surface area contributed by atoms with Gasteiger partial charge in [0.2, 0.25) is 0 Å². The van der Waals surface area contributed by atoms with Gasteiger partial charge in [-0.1, -0.05) is 30.3 Å². The fraction of sp³-hybridized carbons (Fsp3) is 0.0385. The number of aromatic nitrogens is 3. The topological polar surface area (TPSA) is 114 Å². The summed E-state index contributed by atoms with van der Waals surface area (Å²) in [5.41, 5.74) is 15.3. The van der Waals surface area contributed by atoms with Crippen molar-refractivity contribution in [3.8, 4) is 22.3 Å². The van der Waals surface area contributed by atoms with Gasteiger partial charge in [0.15, 0.2) is 5.82 Å². The van der Waals surface area contributed by atoms with E-state index >= 15 is 0 Å². The average Bonchev–Trinajstić information content (AvgIpc) is 3.26. The second kappa shape index (κ2) is 8.73. The monoisotopic (exact) mass is 488 g/mol. The third-order valence-corrected chi connectivity index (χ3v) is 5.83. The highest BCUT2D eigenvalue weighted by Crippen LogP contribution is 2.38. The Kier molecular flexibility index (Phi) is 5.56. The van der Waals surface area contributed by atoms with Gasteiger partial charge in [0.1, 0.15) is 0 Å². The average molecular weight is 488 g/mol. The predicted octanol–water partition coefficient (Wildman–Crippen LogP) is 6.11. The maximum absolute atomic E-state index is 13.2. The van der Waals surface area contributed by atoms with Gasteiger partial charge in [-0.3, -0.25) is 15.0 Å². The van der Waals surface area contributed by atoms with Gasteiger partial charge in [0.05, 0.1) is 27.8 Å². The number of amides is 2. The zero-order valence-corrected chi connectivity index (χ0v) is 18.6. The molecular weight excluding hydrogens is 469 g/mol. The molecule has 7 nitrogen and oxygen atoms in total. The van der Waals surface area contributed by atoms with E-state index in [-0.39, 0.29) is 5.69 Å². The van der Waals surface area contributed by atoms with E-state index in [0.29, 0.717) is 11.5 Å². The number of nitrogens with one attached hydrogen (secondary N) is 1. The van der Waals surface area contributed by atoms with Crippen molar-refractivity contribution in [3.63, 3.8) is 0 Å². The molecule has 0 saturated heterocycles.